The molecule has 0 atom stereocenters. The molecule has 1 aromatic carbocycles. The Morgan fingerprint density at radius 1 is 1.32 bits per heavy atom. The summed E-state index contributed by atoms with van der Waals surface area (Å²) in [6, 6.07) is 7.59. The van der Waals surface area contributed by atoms with Crippen LogP contribution in [0.5, 0.6) is 0 Å². The number of non-ortho nitro benzene ring substituents is 1. The molecule has 7 nitrogen and oxygen atoms in total. The third-order valence-electron chi connectivity index (χ3n) is 3.44. The molecule has 0 aliphatic carbocycles. The SMILES string of the molecule is COC(=O)c1cc2c(nc1-c1ccc([N+](=O)[O-])cc1)COC2. The molecule has 22 heavy (non-hydrogen) atoms. The minimum atomic E-state index is -0.504. The number of nitro benzene ring substituents is 1. The van der Waals surface area contributed by atoms with Crippen LogP contribution in [0, 0.1) is 10.1 Å². The Kier molecular flexibility index (Phi) is 3.56. The summed E-state index contributed by atoms with van der Waals surface area (Å²) in [5, 5.41) is 10.7. The monoisotopic (exact) mass is 300 g/mol. The van der Waals surface area contributed by atoms with E-state index in [1.807, 2.05) is 0 Å². The van der Waals surface area contributed by atoms with Crippen LogP contribution in [0.15, 0.2) is 30.3 Å². The number of nitro groups is 1. The smallest absolute Gasteiger partial charge is 0.340 e. The topological polar surface area (TPSA) is 91.6 Å². The zero-order valence-electron chi connectivity index (χ0n) is 11.7. The number of aromatic nitrogens is 1. The molecule has 112 valence electrons. The quantitative estimate of drug-likeness (QED) is 0.491. The Morgan fingerprint density at radius 3 is 2.68 bits per heavy atom. The highest BCUT2D eigenvalue weighted by atomic mass is 16.6. The standard InChI is InChI=1S/C15H12N2O5/c1-21-15(18)12-6-10-7-22-8-13(10)16-14(12)9-2-4-11(5-3-9)17(19)20/h2-6H,7-8H2,1H3. The second-order valence-electron chi connectivity index (χ2n) is 4.78. The zero-order valence-corrected chi connectivity index (χ0v) is 11.7. The normalized spacial score (nSPS) is 12.8. The van der Waals surface area contributed by atoms with Crippen molar-refractivity contribution in [3.63, 3.8) is 0 Å². The molecule has 7 heteroatoms. The molecule has 1 aliphatic rings. The van der Waals surface area contributed by atoms with Gasteiger partial charge < -0.3 is 9.47 Å². The van der Waals surface area contributed by atoms with Crippen LogP contribution in [0.1, 0.15) is 21.6 Å². The number of pyridine rings is 1. The average molecular weight is 300 g/mol. The highest BCUT2D eigenvalue weighted by Crippen LogP contribution is 2.29. The molecule has 0 saturated carbocycles. The van der Waals surface area contributed by atoms with Gasteiger partial charge in [0.1, 0.15) is 0 Å². The van der Waals surface area contributed by atoms with E-state index in [9.17, 15) is 14.9 Å². The van der Waals surface area contributed by atoms with E-state index in [4.69, 9.17) is 9.47 Å². The van der Waals surface area contributed by atoms with E-state index >= 15 is 0 Å². The summed E-state index contributed by atoms with van der Waals surface area (Å²) in [7, 11) is 1.30. The second kappa shape index (κ2) is 5.53. The first-order chi connectivity index (χ1) is 10.6. The molecule has 0 radical (unpaired) electrons. The maximum atomic E-state index is 12.0. The predicted molar refractivity (Wildman–Crippen MR) is 76.2 cm³/mol. The molecule has 1 aromatic heterocycles. The Balaban J connectivity index is 2.12. The maximum Gasteiger partial charge on any atom is 0.340 e. The molecule has 0 fully saturated rings. The Bertz CT molecular complexity index is 755. The average Bonchev–Trinajstić information content (AvgIpc) is 3.00. The van der Waals surface area contributed by atoms with E-state index in [0.717, 1.165) is 11.3 Å². The minimum absolute atomic E-state index is 0.0205. The number of esters is 1. The lowest BCUT2D eigenvalue weighted by molar-refractivity contribution is -0.384. The first kappa shape index (κ1) is 14.2. The van der Waals surface area contributed by atoms with Gasteiger partial charge in [0, 0.05) is 23.3 Å². The van der Waals surface area contributed by atoms with Crippen LogP contribution < -0.4 is 0 Å². The Labute approximate surface area is 125 Å². The Hall–Kier alpha value is -2.80. The lowest BCUT2D eigenvalue weighted by Gasteiger charge is -2.09. The van der Waals surface area contributed by atoms with Crippen LogP contribution in [-0.4, -0.2) is 23.0 Å². The van der Waals surface area contributed by atoms with Crippen molar-refractivity contribution in [1.82, 2.24) is 4.98 Å². The van der Waals surface area contributed by atoms with E-state index in [1.54, 1.807) is 18.2 Å². The third kappa shape index (κ3) is 2.42. The second-order valence-corrected chi connectivity index (χ2v) is 4.78. The summed E-state index contributed by atoms with van der Waals surface area (Å²) in [6.45, 7) is 0.795. The fourth-order valence-corrected chi connectivity index (χ4v) is 2.33. The molecule has 0 saturated heterocycles. The van der Waals surface area contributed by atoms with Crippen LogP contribution in [0.3, 0.4) is 0 Å². The highest BCUT2D eigenvalue weighted by Gasteiger charge is 2.22. The van der Waals surface area contributed by atoms with Crippen molar-refractivity contribution in [3.05, 3.63) is 57.3 Å². The number of nitrogens with zero attached hydrogens (tertiary/aromatic N) is 2. The number of ether oxygens (including phenoxy) is 2. The van der Waals surface area contributed by atoms with E-state index in [2.05, 4.69) is 4.98 Å². The van der Waals surface area contributed by atoms with Gasteiger partial charge in [-0.2, -0.15) is 0 Å². The van der Waals surface area contributed by atoms with E-state index in [1.165, 1.54) is 19.2 Å². The summed E-state index contributed by atoms with van der Waals surface area (Å²) >= 11 is 0. The summed E-state index contributed by atoms with van der Waals surface area (Å²) < 4.78 is 10.1. The lowest BCUT2D eigenvalue weighted by Crippen LogP contribution is -2.07. The zero-order chi connectivity index (χ0) is 15.7. The maximum absolute atomic E-state index is 12.0. The van der Waals surface area contributed by atoms with Crippen LogP contribution in [-0.2, 0) is 22.7 Å². The fraction of sp³-hybridized carbons (Fsp3) is 0.200. The van der Waals surface area contributed by atoms with E-state index in [-0.39, 0.29) is 5.69 Å². The number of rotatable bonds is 3. The fourth-order valence-electron chi connectivity index (χ4n) is 2.33. The van der Waals surface area contributed by atoms with Crippen molar-refractivity contribution in [1.29, 1.82) is 0 Å². The van der Waals surface area contributed by atoms with E-state index < -0.39 is 10.9 Å². The summed E-state index contributed by atoms with van der Waals surface area (Å²) in [5.74, 6) is -0.504. The van der Waals surface area contributed by atoms with Gasteiger partial charge in [-0.1, -0.05) is 0 Å². The van der Waals surface area contributed by atoms with Gasteiger partial charge in [0.15, 0.2) is 0 Å². The number of benzene rings is 1. The molecule has 0 spiro atoms. The molecule has 0 unspecified atom stereocenters. The number of carbonyl (C=O) groups excluding carboxylic acids is 1. The van der Waals surface area contributed by atoms with Crippen LogP contribution in [0.25, 0.3) is 11.3 Å². The summed E-state index contributed by atoms with van der Waals surface area (Å²) in [4.78, 5) is 26.7. The number of hydrogen-bond donors (Lipinski definition) is 0. The third-order valence-corrected chi connectivity index (χ3v) is 3.44. The van der Waals surface area contributed by atoms with Gasteiger partial charge >= 0.3 is 5.97 Å². The van der Waals surface area contributed by atoms with E-state index in [0.29, 0.717) is 30.0 Å². The summed E-state index contributed by atoms with van der Waals surface area (Å²) in [5.41, 5.74) is 2.97. The first-order valence-corrected chi connectivity index (χ1v) is 6.54. The van der Waals surface area contributed by atoms with Crippen molar-refractivity contribution < 1.29 is 19.2 Å². The molecule has 1 aliphatic heterocycles. The van der Waals surface area contributed by atoms with Gasteiger partial charge in [0.25, 0.3) is 5.69 Å². The molecular formula is C15H12N2O5. The van der Waals surface area contributed by atoms with Crippen molar-refractivity contribution in [2.24, 2.45) is 0 Å². The number of fused-ring (bicyclic) bond motifs is 1. The Morgan fingerprint density at radius 2 is 2.05 bits per heavy atom. The van der Waals surface area contributed by atoms with Crippen LogP contribution in [0.2, 0.25) is 0 Å². The number of carbonyl (C=O) groups is 1. The largest absolute Gasteiger partial charge is 0.465 e. The molecule has 2 heterocycles. The van der Waals surface area contributed by atoms with Crippen molar-refractivity contribution >= 4 is 11.7 Å². The predicted octanol–water partition coefficient (Wildman–Crippen LogP) is 2.47. The molecule has 0 N–H and O–H groups in total. The van der Waals surface area contributed by atoms with Gasteiger partial charge in [0.05, 0.1) is 42.2 Å². The lowest BCUT2D eigenvalue weighted by atomic mass is 10.0. The molecular weight excluding hydrogens is 288 g/mol. The number of methoxy groups -OCH3 is 1. The van der Waals surface area contributed by atoms with Crippen LogP contribution >= 0.6 is 0 Å². The van der Waals surface area contributed by atoms with Gasteiger partial charge in [-0.15, -0.1) is 0 Å². The van der Waals surface area contributed by atoms with Gasteiger partial charge in [-0.25, -0.2) is 9.78 Å². The van der Waals surface area contributed by atoms with Gasteiger partial charge in [-0.05, 0) is 18.2 Å². The molecule has 0 bridgehead atoms. The molecule has 2 aromatic rings. The number of hydrogen-bond acceptors (Lipinski definition) is 6. The van der Waals surface area contributed by atoms with Crippen LogP contribution in [0.4, 0.5) is 5.69 Å². The molecule has 3 rings (SSSR count). The van der Waals surface area contributed by atoms with Gasteiger partial charge in [-0.3, -0.25) is 10.1 Å². The highest BCUT2D eigenvalue weighted by molar-refractivity contribution is 5.96. The van der Waals surface area contributed by atoms with Crippen molar-refractivity contribution in [2.75, 3.05) is 7.11 Å². The van der Waals surface area contributed by atoms with Gasteiger partial charge in [0.2, 0.25) is 0 Å². The van der Waals surface area contributed by atoms with Crippen molar-refractivity contribution in [3.8, 4) is 11.3 Å². The first-order valence-electron chi connectivity index (χ1n) is 6.54. The minimum Gasteiger partial charge on any atom is -0.465 e. The van der Waals surface area contributed by atoms with Crippen molar-refractivity contribution in [2.45, 2.75) is 13.2 Å². The molecule has 0 amide bonds. The summed E-state index contributed by atoms with van der Waals surface area (Å²) in [6.07, 6.45) is 0.